The summed E-state index contributed by atoms with van der Waals surface area (Å²) in [5.41, 5.74) is 0.760. The third-order valence-corrected chi connectivity index (χ3v) is 2.94. The van der Waals surface area contributed by atoms with Crippen LogP contribution in [-0.2, 0) is 11.3 Å². The number of hydrogen-bond acceptors (Lipinski definition) is 4. The van der Waals surface area contributed by atoms with Gasteiger partial charge in [0.05, 0.1) is 13.7 Å². The Hall–Kier alpha value is -1.80. The first-order valence-corrected chi connectivity index (χ1v) is 6.56. The van der Waals surface area contributed by atoms with E-state index in [1.807, 2.05) is 0 Å². The lowest BCUT2D eigenvalue weighted by molar-refractivity contribution is -0.207. The lowest BCUT2D eigenvalue weighted by atomic mass is 10.2. The topological polar surface area (TPSA) is 61.8 Å². The van der Waals surface area contributed by atoms with Crippen molar-refractivity contribution in [3.63, 3.8) is 0 Å². The van der Waals surface area contributed by atoms with Crippen LogP contribution in [0, 0.1) is 0 Å². The van der Waals surface area contributed by atoms with E-state index < -0.39 is 24.7 Å². The van der Waals surface area contributed by atoms with Crippen molar-refractivity contribution >= 4 is 5.91 Å². The second kappa shape index (κ2) is 8.00. The first-order chi connectivity index (χ1) is 10.2. The third kappa shape index (κ3) is 5.90. The Labute approximate surface area is 126 Å². The smallest absolute Gasteiger partial charge is 0.415 e. The molecule has 1 amide bonds. The highest BCUT2D eigenvalue weighted by Crippen LogP contribution is 2.20. The monoisotopic (exact) mass is 320 g/mol. The fourth-order valence-electron chi connectivity index (χ4n) is 1.81. The van der Waals surface area contributed by atoms with Crippen molar-refractivity contribution in [1.82, 2.24) is 10.2 Å². The van der Waals surface area contributed by atoms with E-state index in [9.17, 15) is 18.0 Å². The Morgan fingerprint density at radius 3 is 2.64 bits per heavy atom. The highest BCUT2D eigenvalue weighted by molar-refractivity contribution is 5.78. The highest BCUT2D eigenvalue weighted by Gasteiger charge is 2.38. The zero-order valence-electron chi connectivity index (χ0n) is 12.4. The third-order valence-electron chi connectivity index (χ3n) is 2.94. The Morgan fingerprint density at radius 2 is 2.05 bits per heavy atom. The summed E-state index contributed by atoms with van der Waals surface area (Å²) in [6.07, 6.45) is -7.16. The fraction of sp³-hybridized carbons (Fsp3) is 0.500. The number of likely N-dealkylation sites (N-methyl/N-ethyl adjacent to an activating group) is 1. The molecule has 0 spiro atoms. The van der Waals surface area contributed by atoms with Crippen LogP contribution in [0.25, 0.3) is 0 Å². The van der Waals surface area contributed by atoms with Gasteiger partial charge in [0.2, 0.25) is 5.91 Å². The summed E-state index contributed by atoms with van der Waals surface area (Å²) in [5, 5.41) is 11.5. The van der Waals surface area contributed by atoms with Gasteiger partial charge >= 0.3 is 6.18 Å². The normalized spacial score (nSPS) is 13.0. The number of aliphatic hydroxyl groups is 1. The summed E-state index contributed by atoms with van der Waals surface area (Å²) >= 11 is 0. The molecular weight excluding hydrogens is 301 g/mol. The molecule has 0 radical (unpaired) electrons. The van der Waals surface area contributed by atoms with Gasteiger partial charge in [0, 0.05) is 18.7 Å². The summed E-state index contributed by atoms with van der Waals surface area (Å²) in [6, 6.07) is 7.09. The van der Waals surface area contributed by atoms with Gasteiger partial charge < -0.3 is 15.2 Å². The minimum Gasteiger partial charge on any atom is -0.496 e. The van der Waals surface area contributed by atoms with E-state index in [2.05, 4.69) is 5.32 Å². The number of hydrogen-bond donors (Lipinski definition) is 2. The maximum atomic E-state index is 12.2. The molecular formula is C14H19F3N2O3. The molecule has 0 saturated heterocycles. The number of aliphatic hydroxyl groups excluding tert-OH is 1. The standard InChI is InChI=1S/C14H19F3N2O3/c1-19(8-12(20)14(15,16)17)9-13(21)18-7-10-5-3-4-6-11(10)22-2/h3-6,12,20H,7-9H2,1-2H3,(H,18,21). The lowest BCUT2D eigenvalue weighted by Crippen LogP contribution is -2.43. The van der Waals surface area contributed by atoms with Crippen LogP contribution in [-0.4, -0.2) is 55.4 Å². The molecule has 0 bridgehead atoms. The molecule has 22 heavy (non-hydrogen) atoms. The number of ether oxygens (including phenoxy) is 1. The summed E-state index contributed by atoms with van der Waals surface area (Å²) < 4.78 is 41.8. The van der Waals surface area contributed by atoms with Crippen LogP contribution in [0.4, 0.5) is 13.2 Å². The van der Waals surface area contributed by atoms with Crippen LogP contribution in [0.5, 0.6) is 5.75 Å². The molecule has 0 aliphatic rings. The van der Waals surface area contributed by atoms with E-state index in [-0.39, 0.29) is 13.1 Å². The molecule has 8 heteroatoms. The number of rotatable bonds is 7. The highest BCUT2D eigenvalue weighted by atomic mass is 19.4. The molecule has 0 aliphatic heterocycles. The van der Waals surface area contributed by atoms with Gasteiger partial charge in [-0.25, -0.2) is 0 Å². The van der Waals surface area contributed by atoms with Gasteiger partial charge in [0.15, 0.2) is 6.10 Å². The van der Waals surface area contributed by atoms with Gasteiger partial charge in [-0.15, -0.1) is 0 Å². The zero-order chi connectivity index (χ0) is 16.8. The maximum absolute atomic E-state index is 12.2. The van der Waals surface area contributed by atoms with Crippen molar-refractivity contribution in [2.45, 2.75) is 18.8 Å². The summed E-state index contributed by atoms with van der Waals surface area (Å²) in [7, 11) is 2.84. The Balaban J connectivity index is 2.43. The van der Waals surface area contributed by atoms with Crippen molar-refractivity contribution in [2.75, 3.05) is 27.2 Å². The van der Waals surface area contributed by atoms with Gasteiger partial charge in [-0.05, 0) is 13.1 Å². The van der Waals surface area contributed by atoms with E-state index in [4.69, 9.17) is 9.84 Å². The molecule has 0 aliphatic carbocycles. The van der Waals surface area contributed by atoms with E-state index in [1.165, 1.54) is 14.2 Å². The molecule has 5 nitrogen and oxygen atoms in total. The number of nitrogens with zero attached hydrogens (tertiary/aromatic N) is 1. The second-order valence-electron chi connectivity index (χ2n) is 4.84. The van der Waals surface area contributed by atoms with E-state index in [1.54, 1.807) is 24.3 Å². The minimum absolute atomic E-state index is 0.207. The van der Waals surface area contributed by atoms with Crippen molar-refractivity contribution < 1.29 is 27.8 Å². The van der Waals surface area contributed by atoms with Crippen LogP contribution in [0.2, 0.25) is 0 Å². The van der Waals surface area contributed by atoms with Gasteiger partial charge in [-0.1, -0.05) is 18.2 Å². The van der Waals surface area contributed by atoms with E-state index in [0.29, 0.717) is 5.75 Å². The minimum atomic E-state index is -4.69. The molecule has 0 heterocycles. The van der Waals surface area contributed by atoms with Gasteiger partial charge in [0.25, 0.3) is 0 Å². The summed E-state index contributed by atoms with van der Waals surface area (Å²) in [6.45, 7) is -0.702. The molecule has 0 aromatic heterocycles. The number of carbonyl (C=O) groups is 1. The number of amides is 1. The van der Waals surface area contributed by atoms with Crippen LogP contribution in [0.1, 0.15) is 5.56 Å². The average molecular weight is 320 g/mol. The van der Waals surface area contributed by atoms with Gasteiger partial charge in [0.1, 0.15) is 5.75 Å². The first-order valence-electron chi connectivity index (χ1n) is 6.56. The Bertz CT molecular complexity index is 494. The largest absolute Gasteiger partial charge is 0.496 e. The van der Waals surface area contributed by atoms with Crippen LogP contribution in [0.3, 0.4) is 0 Å². The number of benzene rings is 1. The molecule has 1 aromatic rings. The molecule has 1 unspecified atom stereocenters. The molecule has 0 saturated carbocycles. The predicted octanol–water partition coefficient (Wildman–Crippen LogP) is 1.17. The van der Waals surface area contributed by atoms with Gasteiger partial charge in [-0.2, -0.15) is 13.2 Å². The van der Waals surface area contributed by atoms with Crippen molar-refractivity contribution in [2.24, 2.45) is 0 Å². The molecule has 1 rings (SSSR count). The first kappa shape index (κ1) is 18.2. The van der Waals surface area contributed by atoms with Crippen molar-refractivity contribution in [1.29, 1.82) is 0 Å². The summed E-state index contributed by atoms with van der Waals surface area (Å²) in [5.74, 6) is 0.173. The lowest BCUT2D eigenvalue weighted by Gasteiger charge is -2.21. The predicted molar refractivity (Wildman–Crippen MR) is 74.4 cm³/mol. The van der Waals surface area contributed by atoms with Crippen molar-refractivity contribution in [3.05, 3.63) is 29.8 Å². The number of halogens is 3. The SMILES string of the molecule is COc1ccccc1CNC(=O)CN(C)CC(O)C(F)(F)F. The number of carbonyl (C=O) groups excluding carboxylic acids is 1. The summed E-state index contributed by atoms with van der Waals surface area (Å²) in [4.78, 5) is 12.8. The Kier molecular flexibility index (Phi) is 6.63. The number of para-hydroxylation sites is 1. The van der Waals surface area contributed by atoms with Gasteiger partial charge in [-0.3, -0.25) is 9.69 Å². The molecule has 2 N–H and O–H groups in total. The zero-order valence-corrected chi connectivity index (χ0v) is 12.4. The van der Waals surface area contributed by atoms with Crippen LogP contribution < -0.4 is 10.1 Å². The second-order valence-corrected chi connectivity index (χ2v) is 4.84. The van der Waals surface area contributed by atoms with E-state index in [0.717, 1.165) is 10.5 Å². The Morgan fingerprint density at radius 1 is 1.41 bits per heavy atom. The molecule has 1 atom stereocenters. The van der Waals surface area contributed by atoms with Crippen molar-refractivity contribution in [3.8, 4) is 5.75 Å². The maximum Gasteiger partial charge on any atom is 0.415 e. The van der Waals surface area contributed by atoms with Crippen LogP contribution in [0.15, 0.2) is 24.3 Å². The van der Waals surface area contributed by atoms with Crippen LogP contribution >= 0.6 is 0 Å². The molecule has 0 fully saturated rings. The fourth-order valence-corrected chi connectivity index (χ4v) is 1.81. The number of nitrogens with one attached hydrogen (secondary N) is 1. The number of methoxy groups -OCH3 is 1. The van der Waals surface area contributed by atoms with E-state index >= 15 is 0 Å². The quantitative estimate of drug-likeness (QED) is 0.792. The molecule has 124 valence electrons. The average Bonchev–Trinajstić information content (AvgIpc) is 2.44. The number of alkyl halides is 3. The molecule has 1 aromatic carbocycles.